The number of nitrogens with zero attached hydrogens (tertiary/aromatic N) is 3. The molecule has 0 bridgehead atoms. The van der Waals surface area contributed by atoms with E-state index in [1.807, 2.05) is 35.0 Å². The molecular weight excluding hydrogens is 344 g/mol. The molecule has 1 saturated heterocycles. The zero-order valence-corrected chi connectivity index (χ0v) is 15.0. The molecule has 1 aliphatic rings. The molecule has 24 heavy (non-hydrogen) atoms. The molecule has 5 nitrogen and oxygen atoms in total. The molecule has 0 aromatic carbocycles. The van der Waals surface area contributed by atoms with Crippen LogP contribution < -0.4 is 10.1 Å². The summed E-state index contributed by atoms with van der Waals surface area (Å²) in [5.41, 5.74) is 1.73. The summed E-state index contributed by atoms with van der Waals surface area (Å²) >= 11 is 7.57. The quantitative estimate of drug-likeness (QED) is 0.765. The van der Waals surface area contributed by atoms with Gasteiger partial charge in [0.2, 0.25) is 5.88 Å². The van der Waals surface area contributed by atoms with Gasteiger partial charge in [0.1, 0.15) is 11.8 Å². The highest BCUT2D eigenvalue weighted by atomic mass is 35.5. The van der Waals surface area contributed by atoms with E-state index in [-0.39, 0.29) is 6.10 Å². The van der Waals surface area contributed by atoms with Crippen LogP contribution in [-0.4, -0.2) is 33.8 Å². The van der Waals surface area contributed by atoms with Crippen molar-refractivity contribution in [2.24, 2.45) is 5.92 Å². The lowest BCUT2D eigenvalue weighted by Crippen LogP contribution is -2.38. The van der Waals surface area contributed by atoms with Crippen LogP contribution in [0.1, 0.15) is 19.8 Å². The van der Waals surface area contributed by atoms with Crippen LogP contribution in [0, 0.1) is 5.92 Å². The van der Waals surface area contributed by atoms with Gasteiger partial charge in [-0.3, -0.25) is 0 Å². The van der Waals surface area contributed by atoms with E-state index in [1.165, 1.54) is 24.2 Å². The predicted octanol–water partition coefficient (Wildman–Crippen LogP) is 3.88. The average Bonchev–Trinajstić information content (AvgIpc) is 3.21. The van der Waals surface area contributed by atoms with Gasteiger partial charge in [-0.05, 0) is 44.5 Å². The monoisotopic (exact) mass is 362 g/mol. The van der Waals surface area contributed by atoms with Gasteiger partial charge < -0.3 is 10.1 Å². The van der Waals surface area contributed by atoms with Crippen LogP contribution in [0.25, 0.3) is 16.2 Å². The van der Waals surface area contributed by atoms with Crippen molar-refractivity contribution in [3.63, 3.8) is 0 Å². The standard InChI is InChI=1S/C17H19ClN4OS/c1-11(12-3-2-8-19-9-12)23-17-7-6-16-20-10-13(22(16)21-17)14-4-5-15(18)24-14/h4-7,10-12,19H,2-3,8-9H2,1H3. The molecule has 3 aromatic rings. The first kappa shape index (κ1) is 15.9. The Morgan fingerprint density at radius 3 is 3.04 bits per heavy atom. The summed E-state index contributed by atoms with van der Waals surface area (Å²) in [6.45, 7) is 4.24. The summed E-state index contributed by atoms with van der Waals surface area (Å²) in [5.74, 6) is 1.15. The zero-order chi connectivity index (χ0) is 16.5. The highest BCUT2D eigenvalue weighted by Gasteiger charge is 2.22. The SMILES string of the molecule is CC(Oc1ccc2ncc(-c3ccc(Cl)s3)n2n1)C1CCCNC1. The maximum Gasteiger partial charge on any atom is 0.232 e. The number of piperidine rings is 1. The van der Waals surface area contributed by atoms with Crippen LogP contribution in [-0.2, 0) is 0 Å². The van der Waals surface area contributed by atoms with Gasteiger partial charge in [-0.2, -0.15) is 0 Å². The van der Waals surface area contributed by atoms with Crippen molar-refractivity contribution in [1.29, 1.82) is 0 Å². The van der Waals surface area contributed by atoms with Crippen LogP contribution in [0.3, 0.4) is 0 Å². The summed E-state index contributed by atoms with van der Waals surface area (Å²) < 4.78 is 8.68. The van der Waals surface area contributed by atoms with E-state index in [1.54, 1.807) is 0 Å². The summed E-state index contributed by atoms with van der Waals surface area (Å²) in [7, 11) is 0. The van der Waals surface area contributed by atoms with Crippen molar-refractivity contribution in [2.45, 2.75) is 25.9 Å². The molecule has 7 heteroatoms. The maximum atomic E-state index is 6.10. The minimum Gasteiger partial charge on any atom is -0.473 e. The Morgan fingerprint density at radius 2 is 2.29 bits per heavy atom. The molecular formula is C17H19ClN4OS. The third-order valence-corrected chi connectivity index (χ3v) is 5.72. The molecule has 2 atom stereocenters. The van der Waals surface area contributed by atoms with Crippen molar-refractivity contribution >= 4 is 28.6 Å². The molecule has 126 valence electrons. The number of thiophene rings is 1. The van der Waals surface area contributed by atoms with Crippen molar-refractivity contribution in [3.05, 3.63) is 34.8 Å². The van der Waals surface area contributed by atoms with Crippen molar-refractivity contribution < 1.29 is 4.74 Å². The second-order valence-corrected chi connectivity index (χ2v) is 7.83. The third-order valence-electron chi connectivity index (χ3n) is 4.47. The third kappa shape index (κ3) is 3.14. The molecule has 1 N–H and O–H groups in total. The van der Waals surface area contributed by atoms with Gasteiger partial charge in [-0.15, -0.1) is 16.4 Å². The number of imidazole rings is 1. The molecule has 1 fully saturated rings. The van der Waals surface area contributed by atoms with Crippen LogP contribution in [0.15, 0.2) is 30.5 Å². The Balaban J connectivity index is 1.60. The Labute approximate surface area is 149 Å². The van der Waals surface area contributed by atoms with E-state index in [2.05, 4.69) is 22.3 Å². The molecule has 0 radical (unpaired) electrons. The molecule has 4 rings (SSSR count). The topological polar surface area (TPSA) is 51.5 Å². The van der Waals surface area contributed by atoms with Gasteiger partial charge >= 0.3 is 0 Å². The summed E-state index contributed by atoms with van der Waals surface area (Å²) in [6.07, 6.45) is 4.35. The number of fused-ring (bicyclic) bond motifs is 1. The molecule has 2 unspecified atom stereocenters. The van der Waals surface area contributed by atoms with Crippen molar-refractivity contribution in [2.75, 3.05) is 13.1 Å². The van der Waals surface area contributed by atoms with E-state index < -0.39 is 0 Å². The van der Waals surface area contributed by atoms with E-state index in [4.69, 9.17) is 16.3 Å². The number of ether oxygens (including phenoxy) is 1. The van der Waals surface area contributed by atoms with Crippen LogP contribution in [0.5, 0.6) is 5.88 Å². The fraction of sp³-hybridized carbons (Fsp3) is 0.412. The van der Waals surface area contributed by atoms with Gasteiger partial charge in [-0.25, -0.2) is 9.50 Å². The lowest BCUT2D eigenvalue weighted by Gasteiger charge is -2.28. The summed E-state index contributed by atoms with van der Waals surface area (Å²) in [6, 6.07) is 7.70. The van der Waals surface area contributed by atoms with Gasteiger partial charge in [0.25, 0.3) is 0 Å². The Hall–Kier alpha value is -1.63. The number of nitrogens with one attached hydrogen (secondary N) is 1. The van der Waals surface area contributed by atoms with Gasteiger partial charge in [0.05, 0.1) is 15.4 Å². The first-order valence-corrected chi connectivity index (χ1v) is 9.38. The number of halogens is 1. The highest BCUT2D eigenvalue weighted by Crippen LogP contribution is 2.31. The molecule has 3 aromatic heterocycles. The Morgan fingerprint density at radius 1 is 1.38 bits per heavy atom. The largest absolute Gasteiger partial charge is 0.473 e. The molecule has 0 amide bonds. The molecule has 0 saturated carbocycles. The number of rotatable bonds is 4. The number of hydrogen-bond donors (Lipinski definition) is 1. The Kier molecular flexibility index (Phi) is 4.43. The van der Waals surface area contributed by atoms with Crippen LogP contribution >= 0.6 is 22.9 Å². The molecule has 1 aliphatic heterocycles. The van der Waals surface area contributed by atoms with Crippen molar-refractivity contribution in [3.8, 4) is 16.5 Å². The molecule has 4 heterocycles. The smallest absolute Gasteiger partial charge is 0.232 e. The first-order chi connectivity index (χ1) is 11.7. The Bertz CT molecular complexity index is 840. The van der Waals surface area contributed by atoms with E-state index in [0.717, 1.165) is 33.6 Å². The second-order valence-electron chi connectivity index (χ2n) is 6.12. The predicted molar refractivity (Wildman–Crippen MR) is 97.0 cm³/mol. The second kappa shape index (κ2) is 6.70. The number of aromatic nitrogens is 3. The number of hydrogen-bond acceptors (Lipinski definition) is 5. The minimum atomic E-state index is 0.130. The summed E-state index contributed by atoms with van der Waals surface area (Å²) in [4.78, 5) is 5.46. The fourth-order valence-corrected chi connectivity index (χ4v) is 4.14. The average molecular weight is 363 g/mol. The zero-order valence-electron chi connectivity index (χ0n) is 13.4. The van der Waals surface area contributed by atoms with Gasteiger partial charge in [0, 0.05) is 18.5 Å². The molecule has 0 aliphatic carbocycles. The minimum absolute atomic E-state index is 0.130. The fourth-order valence-electron chi connectivity index (χ4n) is 3.11. The normalized spacial score (nSPS) is 19.5. The van der Waals surface area contributed by atoms with Gasteiger partial charge in [0.15, 0.2) is 5.65 Å². The summed E-state index contributed by atoms with van der Waals surface area (Å²) in [5, 5.41) is 8.06. The lowest BCUT2D eigenvalue weighted by molar-refractivity contribution is 0.124. The lowest BCUT2D eigenvalue weighted by atomic mass is 9.95. The highest BCUT2D eigenvalue weighted by molar-refractivity contribution is 7.19. The van der Waals surface area contributed by atoms with Crippen LogP contribution in [0.2, 0.25) is 4.34 Å². The first-order valence-electron chi connectivity index (χ1n) is 8.18. The van der Waals surface area contributed by atoms with E-state index in [9.17, 15) is 0 Å². The van der Waals surface area contributed by atoms with E-state index >= 15 is 0 Å². The molecule has 0 spiro atoms. The van der Waals surface area contributed by atoms with Crippen LogP contribution in [0.4, 0.5) is 0 Å². The van der Waals surface area contributed by atoms with Crippen molar-refractivity contribution in [1.82, 2.24) is 19.9 Å². The van der Waals surface area contributed by atoms with E-state index in [0.29, 0.717) is 11.8 Å². The maximum absolute atomic E-state index is 6.10. The van der Waals surface area contributed by atoms with Gasteiger partial charge in [-0.1, -0.05) is 11.6 Å².